The van der Waals surface area contributed by atoms with Crippen molar-refractivity contribution in [3.05, 3.63) is 52.1 Å². The quantitative estimate of drug-likeness (QED) is 0.477. The van der Waals surface area contributed by atoms with Gasteiger partial charge in [-0.25, -0.2) is 23.0 Å². The highest BCUT2D eigenvalue weighted by Gasteiger charge is 2.26. The zero-order valence-electron chi connectivity index (χ0n) is 18.2. The predicted octanol–water partition coefficient (Wildman–Crippen LogP) is 1.94. The summed E-state index contributed by atoms with van der Waals surface area (Å²) in [5.74, 6) is -0.00711. The van der Waals surface area contributed by atoms with Crippen LogP contribution in [0.25, 0.3) is 11.2 Å². The van der Waals surface area contributed by atoms with Crippen molar-refractivity contribution in [2.75, 3.05) is 32.3 Å². The number of hydrogen-bond acceptors (Lipinski definition) is 8. The second kappa shape index (κ2) is 9.43. The van der Waals surface area contributed by atoms with Crippen molar-refractivity contribution in [3.63, 3.8) is 0 Å². The van der Waals surface area contributed by atoms with Crippen molar-refractivity contribution in [2.45, 2.75) is 19.9 Å². The molecule has 172 valence electrons. The van der Waals surface area contributed by atoms with Crippen LogP contribution in [-0.4, -0.2) is 61.3 Å². The Kier molecular flexibility index (Phi) is 6.87. The molecule has 0 aliphatic carbocycles. The molecule has 1 aromatic carbocycles. The van der Waals surface area contributed by atoms with E-state index in [2.05, 4.69) is 9.97 Å². The highest BCUT2D eigenvalue weighted by Crippen LogP contribution is 2.32. The third kappa shape index (κ3) is 4.93. The topological polar surface area (TPSA) is 130 Å². The molecule has 0 fully saturated rings. The third-order valence-corrected chi connectivity index (χ3v) is 5.63. The summed E-state index contributed by atoms with van der Waals surface area (Å²) in [7, 11) is -2.00. The van der Waals surface area contributed by atoms with Crippen LogP contribution in [0.1, 0.15) is 35.8 Å². The largest absolute Gasteiger partial charge is 0.493 e. The van der Waals surface area contributed by atoms with E-state index in [1.54, 1.807) is 25.1 Å². The number of nitrogens with one attached hydrogen (secondary N) is 1. The van der Waals surface area contributed by atoms with Crippen LogP contribution in [0, 0.1) is 0 Å². The Bertz CT molecular complexity index is 1290. The Morgan fingerprint density at radius 1 is 1.19 bits per heavy atom. The van der Waals surface area contributed by atoms with E-state index in [-0.39, 0.29) is 29.1 Å². The smallest absolute Gasteiger partial charge is 0.339 e. The van der Waals surface area contributed by atoms with E-state index in [4.69, 9.17) is 14.2 Å². The molecular weight excluding hydrogens is 438 g/mol. The van der Waals surface area contributed by atoms with Gasteiger partial charge in [0.05, 0.1) is 43.2 Å². The molecule has 3 aromatic rings. The summed E-state index contributed by atoms with van der Waals surface area (Å²) in [5, 5.41) is 0. The van der Waals surface area contributed by atoms with E-state index < -0.39 is 27.5 Å². The van der Waals surface area contributed by atoms with Gasteiger partial charge in [-0.15, -0.1) is 0 Å². The number of carbonyl (C=O) groups is 1. The maximum Gasteiger partial charge on any atom is 0.339 e. The van der Waals surface area contributed by atoms with Gasteiger partial charge in [0.15, 0.2) is 17.1 Å². The molecule has 11 heteroatoms. The van der Waals surface area contributed by atoms with Crippen LogP contribution in [0.5, 0.6) is 11.5 Å². The summed E-state index contributed by atoms with van der Waals surface area (Å²) in [4.78, 5) is 31.8. The number of aromatic amines is 1. The molecule has 0 amide bonds. The number of benzene rings is 1. The summed E-state index contributed by atoms with van der Waals surface area (Å²) in [6, 6.07) is 5.54. The molecule has 0 spiro atoms. The van der Waals surface area contributed by atoms with Crippen molar-refractivity contribution in [1.82, 2.24) is 14.5 Å². The summed E-state index contributed by atoms with van der Waals surface area (Å²) in [6.45, 7) is 4.07. The molecule has 2 heterocycles. The lowest BCUT2D eigenvalue weighted by Gasteiger charge is -2.20. The SMILES string of the molecule is CCOC(=O)c1cnc2c(c1)[nH]c(=O)n2[C@H](CS(C)(=O)=O)c1ccc(OC)c(OCC)c1. The minimum absolute atomic E-state index is 0.176. The average molecular weight is 464 g/mol. The minimum atomic E-state index is -3.50. The maximum absolute atomic E-state index is 12.9. The summed E-state index contributed by atoms with van der Waals surface area (Å²) < 4.78 is 41.6. The van der Waals surface area contributed by atoms with Crippen molar-refractivity contribution in [2.24, 2.45) is 0 Å². The summed E-state index contributed by atoms with van der Waals surface area (Å²) >= 11 is 0. The second-order valence-electron chi connectivity index (χ2n) is 7.07. The van der Waals surface area contributed by atoms with Crippen LogP contribution < -0.4 is 15.2 Å². The molecule has 3 rings (SSSR count). The zero-order valence-corrected chi connectivity index (χ0v) is 19.1. The number of ether oxygens (including phenoxy) is 3. The Hall–Kier alpha value is -3.34. The van der Waals surface area contributed by atoms with Crippen molar-refractivity contribution < 1.29 is 27.4 Å². The lowest BCUT2D eigenvalue weighted by Crippen LogP contribution is -2.28. The number of fused-ring (bicyclic) bond motifs is 1. The predicted molar refractivity (Wildman–Crippen MR) is 118 cm³/mol. The second-order valence-corrected chi connectivity index (χ2v) is 9.25. The van der Waals surface area contributed by atoms with Crippen molar-refractivity contribution >= 4 is 27.0 Å². The molecule has 0 saturated heterocycles. The van der Waals surface area contributed by atoms with Gasteiger partial charge in [-0.3, -0.25) is 4.57 Å². The lowest BCUT2D eigenvalue weighted by molar-refractivity contribution is 0.0526. The van der Waals surface area contributed by atoms with E-state index in [1.807, 2.05) is 6.92 Å². The van der Waals surface area contributed by atoms with Gasteiger partial charge in [0.25, 0.3) is 0 Å². The molecule has 2 aromatic heterocycles. The van der Waals surface area contributed by atoms with Gasteiger partial charge in [-0.2, -0.15) is 0 Å². The molecule has 0 unspecified atom stereocenters. The Balaban J connectivity index is 2.18. The molecule has 1 atom stereocenters. The number of nitrogens with zero attached hydrogens (tertiary/aromatic N) is 2. The van der Waals surface area contributed by atoms with Gasteiger partial charge in [0, 0.05) is 12.5 Å². The Labute approximate surface area is 185 Å². The van der Waals surface area contributed by atoms with Gasteiger partial charge in [-0.1, -0.05) is 6.07 Å². The number of pyridine rings is 1. The summed E-state index contributed by atoms with van der Waals surface area (Å²) in [6.07, 6.45) is 2.39. The molecule has 10 nitrogen and oxygen atoms in total. The fraction of sp³-hybridized carbons (Fsp3) is 0.381. The van der Waals surface area contributed by atoms with E-state index in [1.165, 1.54) is 23.9 Å². The minimum Gasteiger partial charge on any atom is -0.493 e. The average Bonchev–Trinajstić information content (AvgIpc) is 3.06. The van der Waals surface area contributed by atoms with Crippen molar-refractivity contribution in [1.29, 1.82) is 0 Å². The molecule has 0 bridgehead atoms. The number of hydrogen-bond donors (Lipinski definition) is 1. The first kappa shape index (κ1) is 23.3. The van der Waals surface area contributed by atoms with Gasteiger partial charge in [-0.05, 0) is 37.6 Å². The molecule has 0 saturated carbocycles. The number of imidazole rings is 1. The van der Waals surface area contributed by atoms with E-state index >= 15 is 0 Å². The molecule has 0 radical (unpaired) electrons. The van der Waals surface area contributed by atoms with Gasteiger partial charge < -0.3 is 19.2 Å². The van der Waals surface area contributed by atoms with Crippen molar-refractivity contribution in [3.8, 4) is 11.5 Å². The van der Waals surface area contributed by atoms with Gasteiger partial charge in [0.2, 0.25) is 0 Å². The monoisotopic (exact) mass is 463 g/mol. The first-order chi connectivity index (χ1) is 15.2. The molecule has 0 aliphatic heterocycles. The number of aromatic nitrogens is 3. The van der Waals surface area contributed by atoms with Gasteiger partial charge in [0.1, 0.15) is 9.84 Å². The first-order valence-electron chi connectivity index (χ1n) is 9.94. The normalized spacial score (nSPS) is 12.5. The third-order valence-electron chi connectivity index (χ3n) is 4.71. The molecule has 0 aliphatic rings. The van der Waals surface area contributed by atoms with Crippen LogP contribution >= 0.6 is 0 Å². The van der Waals surface area contributed by atoms with Crippen LogP contribution in [0.15, 0.2) is 35.3 Å². The number of sulfone groups is 1. The fourth-order valence-electron chi connectivity index (χ4n) is 3.40. The number of carbonyl (C=O) groups excluding carboxylic acids is 1. The number of esters is 1. The maximum atomic E-state index is 12.9. The highest BCUT2D eigenvalue weighted by molar-refractivity contribution is 7.90. The Morgan fingerprint density at radius 2 is 1.94 bits per heavy atom. The molecule has 1 N–H and O–H groups in total. The number of H-pyrrole nitrogens is 1. The van der Waals surface area contributed by atoms with Crippen LogP contribution in [0.2, 0.25) is 0 Å². The van der Waals surface area contributed by atoms with Gasteiger partial charge >= 0.3 is 11.7 Å². The highest BCUT2D eigenvalue weighted by atomic mass is 32.2. The van der Waals surface area contributed by atoms with E-state index in [9.17, 15) is 18.0 Å². The Morgan fingerprint density at radius 3 is 2.56 bits per heavy atom. The van der Waals surface area contributed by atoms with E-state index in [0.717, 1.165) is 6.26 Å². The van der Waals surface area contributed by atoms with Crippen LogP contribution in [-0.2, 0) is 14.6 Å². The first-order valence-corrected chi connectivity index (χ1v) is 12.0. The zero-order chi connectivity index (χ0) is 23.5. The number of rotatable bonds is 9. The standard InChI is InChI=1S/C21H25N3O7S/c1-5-30-18-10-13(7-8-17(18)29-3)16(12-32(4,27)28)24-19-15(23-21(24)26)9-14(11-22-19)20(25)31-6-2/h7-11,16H,5-6,12H2,1-4H3,(H,23,26)/t16-/m1/s1. The molecular formula is C21H25N3O7S. The van der Waals surface area contributed by atoms with E-state index in [0.29, 0.717) is 23.7 Å². The lowest BCUT2D eigenvalue weighted by atomic mass is 10.1. The van der Waals surface area contributed by atoms with Crippen LogP contribution in [0.4, 0.5) is 0 Å². The van der Waals surface area contributed by atoms with Crippen LogP contribution in [0.3, 0.4) is 0 Å². The summed E-state index contributed by atoms with van der Waals surface area (Å²) in [5.41, 5.74) is 0.647. The number of methoxy groups -OCH3 is 1. The fourth-order valence-corrected chi connectivity index (χ4v) is 4.32. The molecule has 32 heavy (non-hydrogen) atoms.